The number of amides is 3. The largest absolute Gasteiger partial charge is 0.449 e. The lowest BCUT2D eigenvalue weighted by atomic mass is 9.98. The molecule has 2 saturated heterocycles. The molecule has 5 aliphatic rings. The number of fused-ring (bicyclic) bond motifs is 5. The van der Waals surface area contributed by atoms with Crippen molar-refractivity contribution in [1.82, 2.24) is 49.5 Å². The lowest BCUT2D eigenvalue weighted by Gasteiger charge is -2.19. The highest BCUT2D eigenvalue weighted by molar-refractivity contribution is 5.91. The molecule has 6 aromatic rings. The maximum absolute atomic E-state index is 13.2. The number of alkyl carbamates (subject to hydrolysis) is 1. The molecule has 0 radical (unpaired) electrons. The molecule has 4 fully saturated rings. The third-order valence-corrected chi connectivity index (χ3v) is 15.1. The number of aromatic nitrogens is 6. The summed E-state index contributed by atoms with van der Waals surface area (Å²) in [4.78, 5) is 51.6. The molecule has 424 valence electrons. The van der Waals surface area contributed by atoms with E-state index >= 15 is 0 Å². The number of likely N-dealkylation sites (tertiary alicyclic amines) is 2. The van der Waals surface area contributed by atoms with Gasteiger partial charge in [-0.3, -0.25) is 14.0 Å². The number of piperidine rings is 2. The fraction of sp³-hybridized carbons (Fsp3) is 0.397. The summed E-state index contributed by atoms with van der Waals surface area (Å²) in [6.07, 6.45) is -1.07. The number of aryl methyl sites for hydroxylation is 2. The Labute approximate surface area is 460 Å². The summed E-state index contributed by atoms with van der Waals surface area (Å²) in [5, 5.41) is 11.3. The van der Waals surface area contributed by atoms with Crippen molar-refractivity contribution in [2.75, 3.05) is 59.6 Å². The molecule has 22 heteroatoms. The number of nitrogens with one attached hydrogen (secondary N) is 1. The summed E-state index contributed by atoms with van der Waals surface area (Å²) in [5.41, 5.74) is 10.4. The molecule has 4 heterocycles. The zero-order valence-corrected chi connectivity index (χ0v) is 44.8. The van der Waals surface area contributed by atoms with Crippen molar-refractivity contribution in [2.24, 2.45) is 29.4 Å². The number of nitrogens with two attached hydrogens (primary N) is 1. The molecule has 3 aliphatic carbocycles. The van der Waals surface area contributed by atoms with Crippen LogP contribution in [0.5, 0.6) is 0 Å². The van der Waals surface area contributed by atoms with Gasteiger partial charge >= 0.3 is 18.4 Å². The van der Waals surface area contributed by atoms with Crippen LogP contribution in [0, 0.1) is 37.5 Å². The first-order chi connectivity index (χ1) is 38.6. The van der Waals surface area contributed by atoms with Gasteiger partial charge in [-0.25, -0.2) is 24.1 Å². The van der Waals surface area contributed by atoms with Gasteiger partial charge < -0.3 is 30.5 Å². The van der Waals surface area contributed by atoms with E-state index in [2.05, 4.69) is 75.4 Å². The van der Waals surface area contributed by atoms with Crippen LogP contribution in [0.15, 0.2) is 110 Å². The van der Waals surface area contributed by atoms with Crippen LogP contribution in [0.4, 0.5) is 35.5 Å². The van der Waals surface area contributed by atoms with E-state index in [9.17, 15) is 45.1 Å². The maximum atomic E-state index is 13.2. The average Bonchev–Trinajstić information content (AvgIpc) is 4.20. The van der Waals surface area contributed by atoms with E-state index in [1.54, 1.807) is 35.8 Å². The minimum atomic E-state index is -4.48. The van der Waals surface area contributed by atoms with Crippen LogP contribution in [0.25, 0.3) is 46.3 Å². The normalized spacial score (nSPS) is 20.6. The number of rotatable bonds is 12. The van der Waals surface area contributed by atoms with E-state index in [0.717, 1.165) is 35.4 Å². The summed E-state index contributed by atoms with van der Waals surface area (Å²) in [6.45, 7) is 15.9. The van der Waals surface area contributed by atoms with Crippen molar-refractivity contribution in [3.63, 3.8) is 0 Å². The van der Waals surface area contributed by atoms with Crippen LogP contribution in [0.2, 0.25) is 0 Å². The van der Waals surface area contributed by atoms with Gasteiger partial charge in [0.15, 0.2) is 11.6 Å². The van der Waals surface area contributed by atoms with Gasteiger partial charge in [0.25, 0.3) is 0 Å². The Hall–Kier alpha value is -7.72. The third-order valence-electron chi connectivity index (χ3n) is 15.1. The average molecular weight is 1110 g/mol. The Kier molecular flexibility index (Phi) is 17.6. The van der Waals surface area contributed by atoms with Crippen molar-refractivity contribution >= 4 is 30.3 Å². The highest BCUT2D eigenvalue weighted by Gasteiger charge is 2.57. The highest BCUT2D eigenvalue weighted by Crippen LogP contribution is 2.47. The molecule has 4 atom stereocenters. The van der Waals surface area contributed by atoms with Gasteiger partial charge in [-0.05, 0) is 115 Å². The van der Waals surface area contributed by atoms with Gasteiger partial charge in [-0.2, -0.15) is 26.3 Å². The number of benzene rings is 4. The number of carbonyl (C=O) groups is 3. The van der Waals surface area contributed by atoms with Gasteiger partial charge in [0, 0.05) is 91.7 Å². The van der Waals surface area contributed by atoms with Gasteiger partial charge in [0.1, 0.15) is 19.3 Å². The van der Waals surface area contributed by atoms with Gasteiger partial charge in [0.05, 0.1) is 19.7 Å². The molecule has 80 heavy (non-hydrogen) atoms. The molecule has 2 aromatic heterocycles. The number of ether oxygens (including phenoxy) is 1. The fourth-order valence-corrected chi connectivity index (χ4v) is 10.7. The number of alkyl halides is 7. The van der Waals surface area contributed by atoms with E-state index in [-0.39, 0.29) is 71.0 Å². The van der Waals surface area contributed by atoms with Crippen molar-refractivity contribution < 1.29 is 51.2 Å². The molecule has 4 unspecified atom stereocenters. The molecule has 0 spiro atoms. The topological polar surface area (TPSA) is 170 Å². The second kappa shape index (κ2) is 24.7. The van der Waals surface area contributed by atoms with E-state index in [1.165, 1.54) is 77.3 Å². The standard InChI is InChI=1S/C33H28F3N5O3.C18H18F3N5O.C6H15N.CH3F/c1-19-12-20(14-21(13-19)33(34,35)36)31-37-18-41(39-31)11-10-29(42)40-15-26-27(16-40)30(26)38-32(43)44-17-28-24-8-4-2-6-22(24)23-7-3-5-9-25(23)28;1-10-4-11(6-12(5-10)18(19,20)21)17-23-9-26(24-17)3-2-15(27)25-7-13-14(8-25)16(13)22;1-4-7(5-2)6-3;1-2/h2-14,18,26-28,30H,15-17H2,1H3,(H,38,43);2-6,9,13-14,16H,7-8,22H2,1H3;4-6H2,1-3H3;1H3/b11-10-;3-2-;;/i;;;1D. The summed E-state index contributed by atoms with van der Waals surface area (Å²) in [7, 11) is -1.00. The quantitative estimate of drug-likeness (QED) is 0.0889. The van der Waals surface area contributed by atoms with Crippen molar-refractivity contribution in [3.8, 4) is 33.9 Å². The van der Waals surface area contributed by atoms with Crippen molar-refractivity contribution in [3.05, 3.63) is 143 Å². The van der Waals surface area contributed by atoms with Gasteiger partial charge in [-0.1, -0.05) is 69.3 Å². The lowest BCUT2D eigenvalue weighted by molar-refractivity contribution is -0.138. The zero-order chi connectivity index (χ0) is 58.3. The second-order valence-electron chi connectivity index (χ2n) is 20.2. The number of hydrogen-bond acceptors (Lipinski definition) is 10. The molecular formula is C58H64F7N11O4. The number of nitrogens with zero attached hydrogens (tertiary/aromatic N) is 9. The monoisotopic (exact) mass is 1110 g/mol. The van der Waals surface area contributed by atoms with Gasteiger partial charge in [-0.15, -0.1) is 10.2 Å². The van der Waals surface area contributed by atoms with E-state index in [1.807, 2.05) is 24.3 Å². The summed E-state index contributed by atoms with van der Waals surface area (Å²) >= 11 is 0. The van der Waals surface area contributed by atoms with Crippen LogP contribution in [0.1, 0.15) is 61.4 Å². The highest BCUT2D eigenvalue weighted by atomic mass is 19.4. The predicted molar refractivity (Wildman–Crippen MR) is 289 cm³/mol. The predicted octanol–water partition coefficient (Wildman–Crippen LogP) is 9.83. The molecule has 3 amide bonds. The van der Waals surface area contributed by atoms with Gasteiger partial charge in [0.2, 0.25) is 11.8 Å². The molecule has 0 bridgehead atoms. The molecule has 2 aliphatic heterocycles. The molecule has 15 nitrogen and oxygen atoms in total. The first-order valence-corrected chi connectivity index (χ1v) is 26.2. The third kappa shape index (κ3) is 13.6. The Morgan fingerprint density at radius 3 is 1.50 bits per heavy atom. The Morgan fingerprint density at radius 2 is 1.10 bits per heavy atom. The Bertz CT molecular complexity index is 3180. The molecule has 11 rings (SSSR count). The van der Waals surface area contributed by atoms with Crippen molar-refractivity contribution in [2.45, 2.75) is 65.0 Å². The Morgan fingerprint density at radius 1 is 0.688 bits per heavy atom. The van der Waals surface area contributed by atoms with Crippen LogP contribution in [-0.2, 0) is 26.7 Å². The summed E-state index contributed by atoms with van der Waals surface area (Å²) in [5.74, 6) is 1.06. The zero-order valence-electron chi connectivity index (χ0n) is 45.8. The second-order valence-corrected chi connectivity index (χ2v) is 20.2. The number of hydrogen-bond donors (Lipinski definition) is 2. The number of carbonyl (C=O) groups excluding carboxylic acids is 3. The van der Waals surface area contributed by atoms with Crippen LogP contribution in [0.3, 0.4) is 0 Å². The molecular weight excluding hydrogens is 1050 g/mol. The minimum absolute atomic E-state index is 0.0120. The van der Waals surface area contributed by atoms with Crippen molar-refractivity contribution in [1.29, 1.82) is 0 Å². The summed E-state index contributed by atoms with van der Waals surface area (Å²) in [6, 6.07) is 23.8. The number of halogens is 7. The SMILES string of the molecule is CCN(CC)CC.Cc1cc(-c2ncn(/C=C\C(=O)N3CC4C(C3)C4NC(=O)OCC3c4ccccc4-c4ccccc43)n2)cc(C(F)(F)F)c1.Cc1cc(-c2ncn(/C=C\C(=O)N3CC4C(N)C4C3)n2)cc(C(F)(F)F)c1.[2H]CF. The first kappa shape index (κ1) is 57.0. The first-order valence-electron chi connectivity index (χ1n) is 26.9. The van der Waals surface area contributed by atoms with Crippen LogP contribution < -0.4 is 11.1 Å². The Balaban J connectivity index is 0.000000197. The van der Waals surface area contributed by atoms with E-state index < -0.39 is 36.7 Å². The minimum Gasteiger partial charge on any atom is -0.449 e. The fourth-order valence-electron chi connectivity index (χ4n) is 10.7. The molecule has 2 saturated carbocycles. The molecule has 4 aromatic carbocycles. The smallest absolute Gasteiger partial charge is 0.416 e. The van der Waals surface area contributed by atoms with E-state index in [4.69, 9.17) is 11.8 Å². The lowest BCUT2D eigenvalue weighted by Crippen LogP contribution is -2.37. The van der Waals surface area contributed by atoms with E-state index in [0.29, 0.717) is 49.1 Å². The van der Waals surface area contributed by atoms with Crippen LogP contribution in [-0.4, -0.2) is 134 Å². The molecule has 3 N–H and O–H groups in total. The maximum Gasteiger partial charge on any atom is 0.416 e. The van der Waals surface area contributed by atoms with Crippen LogP contribution >= 0.6 is 0 Å². The summed E-state index contributed by atoms with van der Waals surface area (Å²) < 4.78 is 102.